The maximum Gasteiger partial charge on any atom is 0.244 e. The van der Waals surface area contributed by atoms with Crippen LogP contribution in [0.15, 0.2) is 47.4 Å². The molecule has 10 heteroatoms. The van der Waals surface area contributed by atoms with E-state index in [1.807, 2.05) is 0 Å². The summed E-state index contributed by atoms with van der Waals surface area (Å²) in [6.07, 6.45) is 0. The molecule has 0 spiro atoms. The summed E-state index contributed by atoms with van der Waals surface area (Å²) in [5, 5.41) is 2.74. The van der Waals surface area contributed by atoms with Gasteiger partial charge in [-0.15, -0.1) is 11.8 Å². The zero-order valence-corrected chi connectivity index (χ0v) is 17.0. The first-order chi connectivity index (χ1) is 13.9. The van der Waals surface area contributed by atoms with Crippen LogP contribution in [-0.2, 0) is 21.4 Å². The number of halogens is 1. The first-order valence-electron chi connectivity index (χ1n) is 8.96. The van der Waals surface area contributed by atoms with Gasteiger partial charge in [0.05, 0.1) is 10.8 Å². The van der Waals surface area contributed by atoms with Crippen LogP contribution in [0.4, 0.5) is 4.39 Å². The Kier molecular flexibility index (Phi) is 5.66. The lowest BCUT2D eigenvalue weighted by molar-refractivity contribution is -0.124. The van der Waals surface area contributed by atoms with E-state index < -0.39 is 16.1 Å². The van der Waals surface area contributed by atoms with Gasteiger partial charge in [0, 0.05) is 18.4 Å². The third-order valence-corrected chi connectivity index (χ3v) is 7.67. The van der Waals surface area contributed by atoms with Gasteiger partial charge in [0.2, 0.25) is 15.9 Å². The average Bonchev–Trinajstić information content (AvgIpc) is 3.24. The van der Waals surface area contributed by atoms with Crippen molar-refractivity contribution in [2.45, 2.75) is 17.5 Å². The summed E-state index contributed by atoms with van der Waals surface area (Å²) >= 11 is 1.37. The molecule has 1 atom stereocenters. The third-order valence-electron chi connectivity index (χ3n) is 4.64. The van der Waals surface area contributed by atoms with Crippen molar-refractivity contribution in [2.24, 2.45) is 0 Å². The summed E-state index contributed by atoms with van der Waals surface area (Å²) in [5.74, 6) is 0.676. The molecule has 0 saturated carbocycles. The average molecular weight is 439 g/mol. The molecule has 1 saturated heterocycles. The number of benzene rings is 2. The van der Waals surface area contributed by atoms with Crippen molar-refractivity contribution >= 4 is 27.7 Å². The predicted molar refractivity (Wildman–Crippen MR) is 106 cm³/mol. The summed E-state index contributed by atoms with van der Waals surface area (Å²) in [4.78, 5) is 12.7. The molecule has 2 aromatic carbocycles. The van der Waals surface area contributed by atoms with Gasteiger partial charge in [-0.05, 0) is 29.8 Å². The van der Waals surface area contributed by atoms with E-state index >= 15 is 0 Å². The van der Waals surface area contributed by atoms with Gasteiger partial charge in [0.15, 0.2) is 11.5 Å². The zero-order valence-electron chi connectivity index (χ0n) is 15.3. The minimum atomic E-state index is -3.89. The van der Waals surface area contributed by atoms with Crippen molar-refractivity contribution in [1.82, 2.24) is 9.62 Å². The van der Waals surface area contributed by atoms with Crippen LogP contribution < -0.4 is 14.8 Å². The number of carbonyl (C=O) groups is 1. The van der Waals surface area contributed by atoms with Crippen molar-refractivity contribution in [3.63, 3.8) is 0 Å². The molecular weight excluding hydrogens is 419 g/mol. The fraction of sp³-hybridized carbons (Fsp3) is 0.316. The highest BCUT2D eigenvalue weighted by atomic mass is 32.2. The number of hydrogen-bond donors (Lipinski definition) is 1. The van der Waals surface area contributed by atoms with Crippen LogP contribution >= 0.6 is 11.8 Å². The van der Waals surface area contributed by atoms with Crippen LogP contribution in [0.1, 0.15) is 5.56 Å². The van der Waals surface area contributed by atoms with Crippen molar-refractivity contribution in [2.75, 3.05) is 24.8 Å². The van der Waals surface area contributed by atoms with Gasteiger partial charge in [-0.1, -0.05) is 12.1 Å². The lowest BCUT2D eigenvalue weighted by atomic mass is 10.2. The third kappa shape index (κ3) is 4.19. The molecule has 0 aromatic heterocycles. The van der Waals surface area contributed by atoms with Crippen LogP contribution in [0.3, 0.4) is 0 Å². The Morgan fingerprint density at radius 3 is 2.62 bits per heavy atom. The SMILES string of the molecule is O=C(NCc1ccc(F)cc1)[C@@H]1CSCN1S(=O)(=O)c1ccc2c(c1)OCCO2. The first-order valence-corrected chi connectivity index (χ1v) is 11.6. The number of hydrogen-bond acceptors (Lipinski definition) is 6. The van der Waals surface area contributed by atoms with E-state index in [2.05, 4.69) is 5.32 Å². The van der Waals surface area contributed by atoms with E-state index in [0.29, 0.717) is 30.5 Å². The molecule has 154 valence electrons. The quantitative estimate of drug-likeness (QED) is 0.769. The highest BCUT2D eigenvalue weighted by molar-refractivity contribution is 8.00. The summed E-state index contributed by atoms with van der Waals surface area (Å²) < 4.78 is 51.4. The Morgan fingerprint density at radius 2 is 1.86 bits per heavy atom. The minimum absolute atomic E-state index is 0.0561. The van der Waals surface area contributed by atoms with E-state index in [0.717, 1.165) is 5.56 Å². The van der Waals surface area contributed by atoms with Crippen LogP contribution in [0.2, 0.25) is 0 Å². The zero-order chi connectivity index (χ0) is 20.4. The molecule has 1 N–H and O–H groups in total. The van der Waals surface area contributed by atoms with E-state index in [4.69, 9.17) is 9.47 Å². The molecule has 2 aromatic rings. The minimum Gasteiger partial charge on any atom is -0.486 e. The summed E-state index contributed by atoms with van der Waals surface area (Å²) in [6.45, 7) is 0.959. The summed E-state index contributed by atoms with van der Waals surface area (Å²) in [5.41, 5.74) is 0.728. The normalized spacial score (nSPS) is 19.1. The molecule has 0 bridgehead atoms. The van der Waals surface area contributed by atoms with Crippen molar-refractivity contribution in [1.29, 1.82) is 0 Å². The van der Waals surface area contributed by atoms with Gasteiger partial charge in [0.25, 0.3) is 0 Å². The maximum absolute atomic E-state index is 13.1. The largest absolute Gasteiger partial charge is 0.486 e. The smallest absolute Gasteiger partial charge is 0.244 e. The molecule has 4 rings (SSSR count). The highest BCUT2D eigenvalue weighted by Gasteiger charge is 2.40. The number of nitrogens with one attached hydrogen (secondary N) is 1. The van der Waals surface area contributed by atoms with Gasteiger partial charge < -0.3 is 14.8 Å². The number of amides is 1. The predicted octanol–water partition coefficient (Wildman–Crippen LogP) is 1.98. The van der Waals surface area contributed by atoms with Crippen LogP contribution in [0.5, 0.6) is 11.5 Å². The lowest BCUT2D eigenvalue weighted by Gasteiger charge is -2.24. The molecule has 1 fully saturated rings. The number of carbonyl (C=O) groups excluding carboxylic acids is 1. The molecule has 1 amide bonds. The van der Waals surface area contributed by atoms with Gasteiger partial charge in [0.1, 0.15) is 25.1 Å². The molecule has 2 heterocycles. The van der Waals surface area contributed by atoms with Gasteiger partial charge >= 0.3 is 0 Å². The number of thioether (sulfide) groups is 1. The molecule has 0 unspecified atom stereocenters. The second-order valence-electron chi connectivity index (χ2n) is 6.56. The fourth-order valence-corrected chi connectivity index (χ4v) is 6.26. The van der Waals surface area contributed by atoms with Gasteiger partial charge in [-0.25, -0.2) is 12.8 Å². The molecular formula is C19H19FN2O5S2. The lowest BCUT2D eigenvalue weighted by Crippen LogP contribution is -2.46. The molecule has 2 aliphatic heterocycles. The van der Waals surface area contributed by atoms with Crippen LogP contribution in [-0.4, -0.2) is 49.5 Å². The number of ether oxygens (including phenoxy) is 2. The monoisotopic (exact) mass is 438 g/mol. The number of rotatable bonds is 5. The Labute approximate surface area is 172 Å². The first kappa shape index (κ1) is 20.0. The highest BCUT2D eigenvalue weighted by Crippen LogP contribution is 2.35. The second kappa shape index (κ2) is 8.21. The number of nitrogens with zero attached hydrogens (tertiary/aromatic N) is 1. The fourth-order valence-electron chi connectivity index (χ4n) is 3.10. The van der Waals surface area contributed by atoms with Crippen molar-refractivity contribution in [3.05, 3.63) is 53.8 Å². The van der Waals surface area contributed by atoms with Crippen LogP contribution in [0.25, 0.3) is 0 Å². The van der Waals surface area contributed by atoms with E-state index in [1.165, 1.54) is 40.3 Å². The number of fused-ring (bicyclic) bond motifs is 1. The second-order valence-corrected chi connectivity index (χ2v) is 9.45. The van der Waals surface area contributed by atoms with Crippen molar-refractivity contribution < 1.29 is 27.1 Å². The standard InChI is InChI=1S/C19H19FN2O5S2/c20-14-3-1-13(2-4-14)10-21-19(23)16-11-28-12-22(16)29(24,25)15-5-6-17-18(9-15)27-8-7-26-17/h1-6,9,16H,7-8,10-12H2,(H,21,23)/t16-/m0/s1. The van der Waals surface area contributed by atoms with E-state index in [-0.39, 0.29) is 29.0 Å². The Balaban J connectivity index is 1.49. The summed E-state index contributed by atoms with van der Waals surface area (Å²) in [7, 11) is -3.89. The molecule has 0 radical (unpaired) electrons. The van der Waals surface area contributed by atoms with Gasteiger partial charge in [-0.3, -0.25) is 4.79 Å². The Bertz CT molecular complexity index is 1010. The maximum atomic E-state index is 13.1. The number of sulfonamides is 1. The Hall–Kier alpha value is -2.30. The van der Waals surface area contributed by atoms with Crippen LogP contribution in [0, 0.1) is 5.82 Å². The van der Waals surface area contributed by atoms with E-state index in [9.17, 15) is 17.6 Å². The Morgan fingerprint density at radius 1 is 1.14 bits per heavy atom. The molecule has 0 aliphatic carbocycles. The van der Waals surface area contributed by atoms with E-state index in [1.54, 1.807) is 18.2 Å². The summed E-state index contributed by atoms with van der Waals surface area (Å²) in [6, 6.07) is 9.40. The molecule has 2 aliphatic rings. The molecule has 7 nitrogen and oxygen atoms in total. The van der Waals surface area contributed by atoms with Gasteiger partial charge in [-0.2, -0.15) is 4.31 Å². The van der Waals surface area contributed by atoms with Crippen molar-refractivity contribution in [3.8, 4) is 11.5 Å². The topological polar surface area (TPSA) is 84.9 Å². The molecule has 29 heavy (non-hydrogen) atoms.